The number of carboxylic acid groups (broad SMARTS) is 1. The Hall–Kier alpha value is -4.07. The molecule has 1 aliphatic rings. The van der Waals surface area contributed by atoms with Gasteiger partial charge in [-0.15, -0.1) is 0 Å². The third kappa shape index (κ3) is 5.71. The number of carbonyl (C=O) groups is 3. The Morgan fingerprint density at radius 2 is 1.66 bits per heavy atom. The van der Waals surface area contributed by atoms with Gasteiger partial charge >= 0.3 is 12.1 Å². The van der Waals surface area contributed by atoms with Crippen LogP contribution in [0.25, 0.3) is 11.1 Å². The van der Waals surface area contributed by atoms with Crippen LogP contribution in [0.2, 0.25) is 0 Å². The van der Waals surface area contributed by atoms with E-state index in [-0.39, 0.29) is 43.2 Å². The van der Waals surface area contributed by atoms with Crippen LogP contribution in [0, 0.1) is 0 Å². The number of fused-ring (bicyclic) bond motifs is 3. The Balaban J connectivity index is 1.30. The summed E-state index contributed by atoms with van der Waals surface area (Å²) in [6.07, 6.45) is 0.906. The molecule has 3 aromatic rings. The topological polar surface area (TPSA) is 118 Å². The number of ether oxygens (including phenoxy) is 1. The highest BCUT2D eigenvalue weighted by molar-refractivity contribution is 5.84. The van der Waals surface area contributed by atoms with Crippen LogP contribution in [-0.2, 0) is 16.1 Å². The highest BCUT2D eigenvalue weighted by Gasteiger charge is 2.29. The van der Waals surface area contributed by atoms with E-state index in [4.69, 9.17) is 14.3 Å². The van der Waals surface area contributed by atoms with Crippen molar-refractivity contribution >= 4 is 18.0 Å². The van der Waals surface area contributed by atoms with Crippen molar-refractivity contribution in [3.8, 4) is 11.1 Å². The largest absolute Gasteiger partial charge is 0.475 e. The second-order valence-corrected chi connectivity index (χ2v) is 8.51. The minimum Gasteiger partial charge on any atom is -0.475 e. The van der Waals surface area contributed by atoms with Crippen molar-refractivity contribution in [3.05, 3.63) is 83.3 Å². The highest BCUT2D eigenvalue weighted by atomic mass is 16.5. The first-order valence-corrected chi connectivity index (χ1v) is 11.7. The molecule has 35 heavy (non-hydrogen) atoms. The van der Waals surface area contributed by atoms with Gasteiger partial charge in [-0.2, -0.15) is 0 Å². The van der Waals surface area contributed by atoms with E-state index in [0.717, 1.165) is 28.7 Å². The Labute approximate surface area is 203 Å². The molecule has 0 aliphatic heterocycles. The van der Waals surface area contributed by atoms with Crippen LogP contribution in [0.15, 0.2) is 65.1 Å². The molecule has 3 N–H and O–H groups in total. The van der Waals surface area contributed by atoms with E-state index in [0.29, 0.717) is 12.2 Å². The monoisotopic (exact) mass is 476 g/mol. The van der Waals surface area contributed by atoms with E-state index >= 15 is 0 Å². The van der Waals surface area contributed by atoms with Crippen LogP contribution in [0.1, 0.15) is 59.5 Å². The van der Waals surface area contributed by atoms with Gasteiger partial charge in [0.2, 0.25) is 11.7 Å². The van der Waals surface area contributed by atoms with E-state index in [1.165, 1.54) is 12.1 Å². The van der Waals surface area contributed by atoms with Gasteiger partial charge in [0.05, 0.1) is 6.54 Å². The number of carboxylic acids is 1. The quantitative estimate of drug-likeness (QED) is 0.391. The first kappa shape index (κ1) is 24.1. The van der Waals surface area contributed by atoms with Gasteiger partial charge in [0.15, 0.2) is 0 Å². The van der Waals surface area contributed by atoms with Crippen LogP contribution in [0.3, 0.4) is 0 Å². The van der Waals surface area contributed by atoms with E-state index in [1.807, 2.05) is 31.2 Å². The minimum atomic E-state index is -1.17. The van der Waals surface area contributed by atoms with E-state index < -0.39 is 12.1 Å². The van der Waals surface area contributed by atoms with Gasteiger partial charge in [-0.25, -0.2) is 9.59 Å². The van der Waals surface area contributed by atoms with Gasteiger partial charge in [-0.1, -0.05) is 61.9 Å². The zero-order valence-corrected chi connectivity index (χ0v) is 19.5. The van der Waals surface area contributed by atoms with Crippen molar-refractivity contribution in [2.24, 2.45) is 0 Å². The third-order valence-electron chi connectivity index (χ3n) is 6.07. The standard InChI is InChI=1S/C27H28N2O6/c1-2-7-17(14-25(30)28-15-18-12-13-24(35-18)26(31)32)29-27(33)34-16-23-21-10-5-3-8-19(21)20-9-4-6-11-22(20)23/h3-6,8-13,17,23H,2,7,14-16H2,1H3,(H,28,30)(H,29,33)(H,31,32)/t17-/m1/s1. The van der Waals surface area contributed by atoms with Gasteiger partial charge in [0.1, 0.15) is 12.4 Å². The Bertz CT molecular complexity index is 1170. The highest BCUT2D eigenvalue weighted by Crippen LogP contribution is 2.44. The molecule has 0 saturated carbocycles. The molecule has 2 aromatic carbocycles. The smallest absolute Gasteiger partial charge is 0.407 e. The van der Waals surface area contributed by atoms with E-state index in [2.05, 4.69) is 34.9 Å². The maximum Gasteiger partial charge on any atom is 0.407 e. The lowest BCUT2D eigenvalue weighted by molar-refractivity contribution is -0.121. The molecule has 1 heterocycles. The van der Waals surface area contributed by atoms with E-state index in [1.54, 1.807) is 0 Å². The lowest BCUT2D eigenvalue weighted by Crippen LogP contribution is -2.39. The molecule has 8 heteroatoms. The fourth-order valence-electron chi connectivity index (χ4n) is 4.45. The van der Waals surface area contributed by atoms with E-state index in [9.17, 15) is 14.4 Å². The molecule has 0 fully saturated rings. The minimum absolute atomic E-state index is 0.0370. The zero-order valence-electron chi connectivity index (χ0n) is 19.5. The first-order chi connectivity index (χ1) is 17.0. The molecule has 1 aromatic heterocycles. The summed E-state index contributed by atoms with van der Waals surface area (Å²) in [6.45, 7) is 2.24. The molecule has 0 unspecified atom stereocenters. The zero-order chi connectivity index (χ0) is 24.8. The summed E-state index contributed by atoms with van der Waals surface area (Å²) in [4.78, 5) is 35.9. The van der Waals surface area contributed by atoms with Crippen molar-refractivity contribution in [2.75, 3.05) is 6.61 Å². The normalized spacial score (nSPS) is 12.9. The summed E-state index contributed by atoms with van der Waals surface area (Å²) >= 11 is 0. The van der Waals surface area contributed by atoms with Crippen LogP contribution in [0.4, 0.5) is 4.79 Å². The molecule has 8 nitrogen and oxygen atoms in total. The molecule has 1 aliphatic carbocycles. The second kappa shape index (κ2) is 10.9. The average Bonchev–Trinajstić information content (AvgIpc) is 3.45. The SMILES string of the molecule is CCC[C@H](CC(=O)NCc1ccc(C(=O)O)o1)NC(=O)OCC1c2ccccc2-c2ccccc21. The molecule has 2 amide bonds. The van der Waals surface area contributed by atoms with Crippen molar-refractivity contribution in [1.29, 1.82) is 0 Å². The number of rotatable bonds is 10. The summed E-state index contributed by atoms with van der Waals surface area (Å²) in [5.74, 6) is -1.33. The Morgan fingerprint density at radius 3 is 2.26 bits per heavy atom. The molecule has 0 bridgehead atoms. The lowest BCUT2D eigenvalue weighted by atomic mass is 9.98. The lowest BCUT2D eigenvalue weighted by Gasteiger charge is -2.19. The van der Waals surface area contributed by atoms with Crippen molar-refractivity contribution in [1.82, 2.24) is 10.6 Å². The Morgan fingerprint density at radius 1 is 1.00 bits per heavy atom. The fraction of sp³-hybridized carbons (Fsp3) is 0.296. The number of amides is 2. The number of hydrogen-bond acceptors (Lipinski definition) is 5. The molecule has 4 rings (SSSR count). The number of alkyl carbamates (subject to hydrolysis) is 1. The predicted molar refractivity (Wildman–Crippen MR) is 129 cm³/mol. The molecule has 182 valence electrons. The second-order valence-electron chi connectivity index (χ2n) is 8.51. The molecule has 0 saturated heterocycles. The van der Waals surface area contributed by atoms with Crippen molar-refractivity contribution in [2.45, 2.75) is 44.7 Å². The fourth-order valence-corrected chi connectivity index (χ4v) is 4.45. The summed E-state index contributed by atoms with van der Waals surface area (Å²) in [5.41, 5.74) is 4.58. The van der Waals surface area contributed by atoms with Crippen LogP contribution in [0.5, 0.6) is 0 Å². The summed E-state index contributed by atoms with van der Waals surface area (Å²) in [7, 11) is 0. The third-order valence-corrected chi connectivity index (χ3v) is 6.07. The molecule has 1 atom stereocenters. The average molecular weight is 477 g/mol. The molecule has 0 spiro atoms. The van der Waals surface area contributed by atoms with Crippen LogP contribution >= 0.6 is 0 Å². The number of nitrogens with one attached hydrogen (secondary N) is 2. The number of hydrogen-bond donors (Lipinski definition) is 3. The summed E-state index contributed by atoms with van der Waals surface area (Å²) in [5, 5.41) is 14.4. The number of furan rings is 1. The van der Waals surface area contributed by atoms with Crippen molar-refractivity contribution < 1.29 is 28.6 Å². The van der Waals surface area contributed by atoms with Crippen LogP contribution in [-0.4, -0.2) is 35.7 Å². The van der Waals surface area contributed by atoms with Gasteiger partial charge in [0.25, 0.3) is 0 Å². The number of benzene rings is 2. The molecular weight excluding hydrogens is 448 g/mol. The Kier molecular flexibility index (Phi) is 7.50. The maximum atomic E-state index is 12.6. The first-order valence-electron chi connectivity index (χ1n) is 11.7. The summed E-state index contributed by atoms with van der Waals surface area (Å²) in [6, 6.07) is 18.7. The van der Waals surface area contributed by atoms with Gasteiger partial charge in [0, 0.05) is 18.4 Å². The summed E-state index contributed by atoms with van der Waals surface area (Å²) < 4.78 is 10.7. The molecular formula is C27H28N2O6. The van der Waals surface area contributed by atoms with Gasteiger partial charge < -0.3 is 24.9 Å². The predicted octanol–water partition coefficient (Wildman–Crippen LogP) is 4.69. The number of aromatic carboxylic acids is 1. The number of carbonyl (C=O) groups excluding carboxylic acids is 2. The molecule has 0 radical (unpaired) electrons. The van der Waals surface area contributed by atoms with Crippen LogP contribution < -0.4 is 10.6 Å². The maximum absolute atomic E-state index is 12.6. The van der Waals surface area contributed by atoms with Gasteiger partial charge in [-0.05, 0) is 40.8 Å². The van der Waals surface area contributed by atoms with Crippen molar-refractivity contribution in [3.63, 3.8) is 0 Å². The van der Waals surface area contributed by atoms with Gasteiger partial charge in [-0.3, -0.25) is 4.79 Å².